The lowest BCUT2D eigenvalue weighted by Gasteiger charge is -2.52. The van der Waals surface area contributed by atoms with Crippen molar-refractivity contribution in [3.8, 4) is 0 Å². The minimum absolute atomic E-state index is 0.137. The van der Waals surface area contributed by atoms with Gasteiger partial charge < -0.3 is 25.2 Å². The van der Waals surface area contributed by atoms with E-state index in [0.717, 1.165) is 0 Å². The normalized spacial score (nSPS) is 19.6. The second kappa shape index (κ2) is 8.68. The zero-order chi connectivity index (χ0) is 25.4. The number of hydrogen-bond acceptors (Lipinski definition) is 6. The Labute approximate surface area is 208 Å². The van der Waals surface area contributed by atoms with E-state index < -0.39 is 34.3 Å². The lowest BCUT2D eigenvalue weighted by molar-refractivity contribution is -0.249. The molecule has 0 saturated heterocycles. The van der Waals surface area contributed by atoms with Crippen LogP contribution in [-0.4, -0.2) is 26.4 Å². The SMILES string of the molecule is O=C1O[C@](c2ccccc2)([C@](O)(c2ccccc2)C(O)(c2ccccc2)c2ccccc2)C(O)=C1O. The average Bonchev–Trinajstić information content (AvgIpc) is 3.19. The van der Waals surface area contributed by atoms with Crippen molar-refractivity contribution in [2.24, 2.45) is 0 Å². The van der Waals surface area contributed by atoms with Crippen molar-refractivity contribution in [2.75, 3.05) is 0 Å². The van der Waals surface area contributed by atoms with E-state index in [9.17, 15) is 25.2 Å². The molecule has 6 heteroatoms. The Hall–Kier alpha value is -4.39. The Bertz CT molecular complexity index is 1360. The molecule has 0 fully saturated rings. The maximum atomic E-state index is 13.1. The summed E-state index contributed by atoms with van der Waals surface area (Å²) >= 11 is 0. The number of hydrogen-bond donors (Lipinski definition) is 4. The van der Waals surface area contributed by atoms with E-state index in [2.05, 4.69) is 0 Å². The molecular weight excluding hydrogens is 456 g/mol. The van der Waals surface area contributed by atoms with Gasteiger partial charge in [-0.2, -0.15) is 0 Å². The van der Waals surface area contributed by atoms with Crippen LogP contribution in [0, 0.1) is 0 Å². The molecule has 0 unspecified atom stereocenters. The predicted octanol–water partition coefficient (Wildman–Crippen LogP) is 4.59. The lowest BCUT2D eigenvalue weighted by Crippen LogP contribution is -2.63. The van der Waals surface area contributed by atoms with Crippen molar-refractivity contribution in [2.45, 2.75) is 16.8 Å². The molecule has 6 nitrogen and oxygen atoms in total. The van der Waals surface area contributed by atoms with Crippen molar-refractivity contribution < 1.29 is 30.0 Å². The second-order valence-electron chi connectivity index (χ2n) is 8.65. The molecule has 0 saturated carbocycles. The van der Waals surface area contributed by atoms with E-state index in [4.69, 9.17) is 4.74 Å². The molecule has 0 amide bonds. The van der Waals surface area contributed by atoms with Gasteiger partial charge in [0.2, 0.25) is 11.4 Å². The standard InChI is InChI=1S/C30H24O6/c31-25-26(32)29(36-27(25)33,23-17-9-3-10-18-23)30(35,24-19-11-4-12-20-24)28(34,21-13-5-1-6-14-21)22-15-7-2-8-16-22/h1-20,31-32,34-35H/t29-,30-/m0/s1. The van der Waals surface area contributed by atoms with Crippen LogP contribution in [0.3, 0.4) is 0 Å². The van der Waals surface area contributed by atoms with Gasteiger partial charge in [-0.3, -0.25) is 0 Å². The number of aliphatic hydroxyl groups is 4. The van der Waals surface area contributed by atoms with E-state index in [1.165, 1.54) is 0 Å². The summed E-state index contributed by atoms with van der Waals surface area (Å²) in [6.45, 7) is 0. The molecule has 1 aliphatic heterocycles. The summed E-state index contributed by atoms with van der Waals surface area (Å²) in [5.74, 6) is -3.18. The predicted molar refractivity (Wildman–Crippen MR) is 133 cm³/mol. The molecule has 2 atom stereocenters. The zero-order valence-electron chi connectivity index (χ0n) is 19.2. The molecule has 0 aliphatic carbocycles. The summed E-state index contributed by atoms with van der Waals surface area (Å²) in [5.41, 5.74) is -6.48. The van der Waals surface area contributed by atoms with Crippen molar-refractivity contribution in [1.29, 1.82) is 0 Å². The summed E-state index contributed by atoms with van der Waals surface area (Å²) < 4.78 is 5.75. The third kappa shape index (κ3) is 3.09. The number of cyclic esters (lactones) is 1. The first kappa shape index (κ1) is 23.4. The van der Waals surface area contributed by atoms with E-state index in [1.54, 1.807) is 121 Å². The Morgan fingerprint density at radius 2 is 0.972 bits per heavy atom. The number of aliphatic hydroxyl groups excluding tert-OH is 2. The number of ether oxygens (including phenoxy) is 1. The Kier molecular flexibility index (Phi) is 5.63. The van der Waals surface area contributed by atoms with Crippen LogP contribution in [0.15, 0.2) is 133 Å². The molecule has 5 rings (SSSR count). The van der Waals surface area contributed by atoms with Crippen molar-refractivity contribution in [3.63, 3.8) is 0 Å². The van der Waals surface area contributed by atoms with Crippen molar-refractivity contribution >= 4 is 5.97 Å². The summed E-state index contributed by atoms with van der Waals surface area (Å²) in [6.07, 6.45) is 0. The highest BCUT2D eigenvalue weighted by atomic mass is 16.6. The van der Waals surface area contributed by atoms with E-state index >= 15 is 0 Å². The molecule has 0 aromatic heterocycles. The van der Waals surface area contributed by atoms with Gasteiger partial charge in [0.05, 0.1) is 0 Å². The fraction of sp³-hybridized carbons (Fsp3) is 0.100. The lowest BCUT2D eigenvalue weighted by atomic mass is 9.59. The minimum atomic E-state index is -2.59. The smallest absolute Gasteiger partial charge is 0.378 e. The zero-order valence-corrected chi connectivity index (χ0v) is 19.2. The molecule has 1 aliphatic rings. The number of esters is 1. The van der Waals surface area contributed by atoms with Gasteiger partial charge in [0.15, 0.2) is 17.0 Å². The fourth-order valence-corrected chi connectivity index (χ4v) is 5.11. The third-order valence-corrected chi connectivity index (χ3v) is 6.79. The van der Waals surface area contributed by atoms with Gasteiger partial charge in [0.25, 0.3) is 0 Å². The van der Waals surface area contributed by atoms with Crippen LogP contribution in [0.2, 0.25) is 0 Å². The molecule has 1 heterocycles. The Morgan fingerprint density at radius 3 is 1.36 bits per heavy atom. The number of carbonyl (C=O) groups excluding carboxylic acids is 1. The number of benzene rings is 4. The van der Waals surface area contributed by atoms with Crippen molar-refractivity contribution in [1.82, 2.24) is 0 Å². The maximum absolute atomic E-state index is 13.1. The fourth-order valence-electron chi connectivity index (χ4n) is 5.11. The van der Waals surface area contributed by atoms with E-state index in [-0.39, 0.29) is 22.3 Å². The summed E-state index contributed by atoms with van der Waals surface area (Å²) in [7, 11) is 0. The third-order valence-electron chi connectivity index (χ3n) is 6.79. The van der Waals surface area contributed by atoms with E-state index in [0.29, 0.717) is 0 Å². The quantitative estimate of drug-likeness (QED) is 0.301. The highest BCUT2D eigenvalue weighted by Crippen LogP contribution is 2.60. The van der Waals surface area contributed by atoms with Gasteiger partial charge in [-0.25, -0.2) is 4.79 Å². The van der Waals surface area contributed by atoms with Gasteiger partial charge in [-0.1, -0.05) is 121 Å². The highest BCUT2D eigenvalue weighted by Gasteiger charge is 2.72. The summed E-state index contributed by atoms with van der Waals surface area (Å²) in [6, 6.07) is 33.2. The molecule has 0 spiro atoms. The van der Waals surface area contributed by atoms with Crippen LogP contribution in [0.4, 0.5) is 0 Å². The highest BCUT2D eigenvalue weighted by molar-refractivity contribution is 5.90. The number of rotatable bonds is 6. The first-order valence-corrected chi connectivity index (χ1v) is 11.4. The molecule has 180 valence electrons. The van der Waals surface area contributed by atoms with Gasteiger partial charge in [-0.15, -0.1) is 0 Å². The van der Waals surface area contributed by atoms with Gasteiger partial charge in [0, 0.05) is 5.56 Å². The number of carbonyl (C=O) groups is 1. The molecule has 36 heavy (non-hydrogen) atoms. The first-order valence-electron chi connectivity index (χ1n) is 11.4. The van der Waals surface area contributed by atoms with Gasteiger partial charge in [0.1, 0.15) is 0 Å². The van der Waals surface area contributed by atoms with Crippen LogP contribution in [0.25, 0.3) is 0 Å². The van der Waals surface area contributed by atoms with Crippen LogP contribution in [-0.2, 0) is 26.3 Å². The van der Waals surface area contributed by atoms with Gasteiger partial charge >= 0.3 is 5.97 Å². The van der Waals surface area contributed by atoms with Crippen LogP contribution >= 0.6 is 0 Å². The minimum Gasteiger partial charge on any atom is -0.505 e. The van der Waals surface area contributed by atoms with E-state index in [1.807, 2.05) is 0 Å². The van der Waals surface area contributed by atoms with Crippen LogP contribution in [0.1, 0.15) is 22.3 Å². The summed E-state index contributed by atoms with van der Waals surface area (Å²) in [4.78, 5) is 12.8. The molecule has 4 aromatic carbocycles. The topological polar surface area (TPSA) is 107 Å². The monoisotopic (exact) mass is 480 g/mol. The van der Waals surface area contributed by atoms with Crippen LogP contribution < -0.4 is 0 Å². The molecule has 4 aromatic rings. The summed E-state index contributed by atoms with van der Waals surface area (Å²) in [5, 5.41) is 47.9. The Balaban J connectivity index is 1.99. The molecule has 0 bridgehead atoms. The molecule has 4 N–H and O–H groups in total. The average molecular weight is 481 g/mol. The maximum Gasteiger partial charge on any atom is 0.378 e. The van der Waals surface area contributed by atoms with Crippen LogP contribution in [0.5, 0.6) is 0 Å². The largest absolute Gasteiger partial charge is 0.505 e. The van der Waals surface area contributed by atoms with Gasteiger partial charge in [-0.05, 0) is 16.7 Å². The first-order chi connectivity index (χ1) is 17.4. The molecule has 0 radical (unpaired) electrons. The molecular formula is C30H24O6. The second-order valence-corrected chi connectivity index (χ2v) is 8.65. The Morgan fingerprint density at radius 1 is 0.583 bits per heavy atom. The van der Waals surface area contributed by atoms with Crippen molar-refractivity contribution in [3.05, 3.63) is 155 Å².